The molecule has 1 aromatic carbocycles. The molecule has 25 heavy (non-hydrogen) atoms. The van der Waals surface area contributed by atoms with E-state index in [2.05, 4.69) is 15.4 Å². The number of rotatable bonds is 7. The van der Waals surface area contributed by atoms with Crippen LogP contribution < -0.4 is 10.6 Å². The molecule has 0 aliphatic carbocycles. The number of halogens is 1. The maximum Gasteiger partial charge on any atom is 0.339 e. The number of carbonyl (C=O) groups excluding carboxylic acids is 3. The van der Waals surface area contributed by atoms with E-state index >= 15 is 0 Å². The van der Waals surface area contributed by atoms with E-state index in [0.717, 1.165) is 0 Å². The summed E-state index contributed by atoms with van der Waals surface area (Å²) >= 11 is 5.92. The van der Waals surface area contributed by atoms with Gasteiger partial charge in [0, 0.05) is 18.7 Å². The Labute approximate surface area is 149 Å². The first-order chi connectivity index (χ1) is 12.0. The van der Waals surface area contributed by atoms with Gasteiger partial charge < -0.3 is 19.8 Å². The number of hydrogen-bond acceptors (Lipinski definition) is 5. The molecule has 0 spiro atoms. The Morgan fingerprint density at radius 3 is 2.72 bits per heavy atom. The SMILES string of the molecule is COC(=O)c1cc(NC(=O)CCCNC(=O)c2ccco2)ccc1Cl. The zero-order chi connectivity index (χ0) is 18.2. The van der Waals surface area contributed by atoms with Gasteiger partial charge in [0.2, 0.25) is 5.91 Å². The highest BCUT2D eigenvalue weighted by Gasteiger charge is 2.13. The smallest absolute Gasteiger partial charge is 0.339 e. The van der Waals surface area contributed by atoms with Gasteiger partial charge in [0.25, 0.3) is 5.91 Å². The van der Waals surface area contributed by atoms with E-state index in [1.807, 2.05) is 0 Å². The fraction of sp³-hybridized carbons (Fsp3) is 0.235. The normalized spacial score (nSPS) is 10.2. The van der Waals surface area contributed by atoms with Crippen molar-refractivity contribution in [1.29, 1.82) is 0 Å². The number of hydrogen-bond donors (Lipinski definition) is 2. The average molecular weight is 365 g/mol. The quantitative estimate of drug-likeness (QED) is 0.581. The monoisotopic (exact) mass is 364 g/mol. The number of carbonyl (C=O) groups is 3. The van der Waals surface area contributed by atoms with Gasteiger partial charge in [0.05, 0.1) is 24.0 Å². The number of ether oxygens (including phenoxy) is 1. The minimum atomic E-state index is -0.582. The lowest BCUT2D eigenvalue weighted by atomic mass is 10.2. The van der Waals surface area contributed by atoms with Crippen molar-refractivity contribution in [1.82, 2.24) is 5.32 Å². The Bertz CT molecular complexity index is 758. The lowest BCUT2D eigenvalue weighted by Crippen LogP contribution is -2.25. The van der Waals surface area contributed by atoms with Crippen LogP contribution in [-0.2, 0) is 9.53 Å². The van der Waals surface area contributed by atoms with Crippen molar-refractivity contribution in [3.63, 3.8) is 0 Å². The number of nitrogens with one attached hydrogen (secondary N) is 2. The highest BCUT2D eigenvalue weighted by molar-refractivity contribution is 6.33. The van der Waals surface area contributed by atoms with Crippen LogP contribution in [0.2, 0.25) is 5.02 Å². The third-order valence-electron chi connectivity index (χ3n) is 3.27. The van der Waals surface area contributed by atoms with Crippen molar-refractivity contribution in [2.45, 2.75) is 12.8 Å². The number of anilines is 1. The number of esters is 1. The van der Waals surface area contributed by atoms with E-state index in [4.69, 9.17) is 16.0 Å². The Morgan fingerprint density at radius 1 is 1.24 bits per heavy atom. The lowest BCUT2D eigenvalue weighted by molar-refractivity contribution is -0.116. The Balaban J connectivity index is 1.78. The van der Waals surface area contributed by atoms with E-state index in [0.29, 0.717) is 18.7 Å². The van der Waals surface area contributed by atoms with Crippen LogP contribution in [0.4, 0.5) is 5.69 Å². The molecule has 0 unspecified atom stereocenters. The molecule has 2 rings (SSSR count). The van der Waals surface area contributed by atoms with Crippen molar-refractivity contribution >= 4 is 35.1 Å². The lowest BCUT2D eigenvalue weighted by Gasteiger charge is -2.08. The van der Waals surface area contributed by atoms with Gasteiger partial charge in [-0.15, -0.1) is 0 Å². The summed E-state index contributed by atoms with van der Waals surface area (Å²) in [5.41, 5.74) is 0.613. The van der Waals surface area contributed by atoms with E-state index in [1.165, 1.54) is 25.5 Å². The second-order valence-electron chi connectivity index (χ2n) is 5.07. The van der Waals surface area contributed by atoms with Gasteiger partial charge in [-0.25, -0.2) is 4.79 Å². The molecule has 0 fully saturated rings. The maximum absolute atomic E-state index is 11.9. The van der Waals surface area contributed by atoms with Crippen molar-refractivity contribution in [3.8, 4) is 0 Å². The summed E-state index contributed by atoms with van der Waals surface area (Å²) in [5, 5.41) is 5.56. The summed E-state index contributed by atoms with van der Waals surface area (Å²) in [7, 11) is 1.25. The van der Waals surface area contributed by atoms with E-state index < -0.39 is 5.97 Å². The number of amides is 2. The first-order valence-corrected chi connectivity index (χ1v) is 7.88. The average Bonchev–Trinajstić information content (AvgIpc) is 3.14. The number of benzene rings is 1. The van der Waals surface area contributed by atoms with Crippen LogP contribution in [0.15, 0.2) is 41.0 Å². The second kappa shape index (κ2) is 8.89. The first kappa shape index (κ1) is 18.5. The molecule has 0 bridgehead atoms. The maximum atomic E-state index is 11.9. The fourth-order valence-electron chi connectivity index (χ4n) is 2.04. The van der Waals surface area contributed by atoms with Crippen LogP contribution in [0, 0.1) is 0 Å². The predicted molar refractivity (Wildman–Crippen MR) is 91.7 cm³/mol. The largest absolute Gasteiger partial charge is 0.465 e. The minimum absolute atomic E-state index is 0.174. The molecule has 0 radical (unpaired) electrons. The van der Waals surface area contributed by atoms with Gasteiger partial charge >= 0.3 is 5.97 Å². The molecule has 1 aromatic heterocycles. The second-order valence-corrected chi connectivity index (χ2v) is 5.48. The van der Waals surface area contributed by atoms with Crippen LogP contribution in [0.3, 0.4) is 0 Å². The van der Waals surface area contributed by atoms with Gasteiger partial charge in [-0.05, 0) is 36.8 Å². The highest BCUT2D eigenvalue weighted by Crippen LogP contribution is 2.21. The molecule has 0 saturated carbocycles. The molecular weight excluding hydrogens is 348 g/mol. The van der Waals surface area contributed by atoms with Crippen LogP contribution in [0.1, 0.15) is 33.8 Å². The zero-order valence-electron chi connectivity index (χ0n) is 13.5. The van der Waals surface area contributed by atoms with E-state index in [1.54, 1.807) is 18.2 Å². The molecule has 0 aliphatic heterocycles. The summed E-state index contributed by atoms with van der Waals surface area (Å²) < 4.78 is 9.59. The Morgan fingerprint density at radius 2 is 2.04 bits per heavy atom. The van der Waals surface area contributed by atoms with Crippen molar-refractivity contribution in [3.05, 3.63) is 52.9 Å². The Kier molecular flexibility index (Phi) is 6.59. The van der Waals surface area contributed by atoms with Crippen LogP contribution >= 0.6 is 11.6 Å². The topological polar surface area (TPSA) is 97.6 Å². The fourth-order valence-corrected chi connectivity index (χ4v) is 2.23. The molecule has 8 heteroatoms. The van der Waals surface area contributed by atoms with Gasteiger partial charge in [0.1, 0.15) is 0 Å². The summed E-state index contributed by atoms with van der Waals surface area (Å²) in [6, 6.07) is 7.72. The van der Waals surface area contributed by atoms with Crippen molar-refractivity contribution in [2.75, 3.05) is 19.0 Å². The minimum Gasteiger partial charge on any atom is -0.465 e. The zero-order valence-corrected chi connectivity index (χ0v) is 14.3. The van der Waals surface area contributed by atoms with Crippen LogP contribution in [0.25, 0.3) is 0 Å². The highest BCUT2D eigenvalue weighted by atomic mass is 35.5. The van der Waals surface area contributed by atoms with Crippen LogP contribution in [-0.4, -0.2) is 31.4 Å². The third-order valence-corrected chi connectivity index (χ3v) is 3.60. The molecule has 2 aromatic rings. The van der Waals surface area contributed by atoms with Gasteiger partial charge in [-0.3, -0.25) is 9.59 Å². The summed E-state index contributed by atoms with van der Waals surface area (Å²) in [5.74, 6) is -0.932. The molecule has 7 nitrogen and oxygen atoms in total. The van der Waals surface area contributed by atoms with Gasteiger partial charge in [0.15, 0.2) is 5.76 Å². The number of methoxy groups -OCH3 is 1. The van der Waals surface area contributed by atoms with E-state index in [-0.39, 0.29) is 34.6 Å². The van der Waals surface area contributed by atoms with Crippen molar-refractivity contribution in [2.24, 2.45) is 0 Å². The van der Waals surface area contributed by atoms with Crippen molar-refractivity contribution < 1.29 is 23.5 Å². The summed E-state index contributed by atoms with van der Waals surface area (Å²) in [4.78, 5) is 35.1. The first-order valence-electron chi connectivity index (χ1n) is 7.50. The molecule has 0 atom stereocenters. The van der Waals surface area contributed by atoms with E-state index in [9.17, 15) is 14.4 Å². The molecule has 2 N–H and O–H groups in total. The molecule has 132 valence electrons. The summed E-state index contributed by atoms with van der Waals surface area (Å²) in [6.45, 7) is 0.334. The third kappa shape index (κ3) is 5.36. The summed E-state index contributed by atoms with van der Waals surface area (Å²) in [6.07, 6.45) is 2.07. The van der Waals surface area contributed by atoms with Gasteiger partial charge in [-0.1, -0.05) is 11.6 Å². The number of furan rings is 1. The predicted octanol–water partition coefficient (Wildman–Crippen LogP) is 2.87. The molecule has 0 saturated heterocycles. The van der Waals surface area contributed by atoms with Crippen LogP contribution in [0.5, 0.6) is 0 Å². The molecule has 1 heterocycles. The molecule has 2 amide bonds. The molecular formula is C17H17ClN2O5. The molecule has 0 aliphatic rings. The Hall–Kier alpha value is -2.80. The standard InChI is InChI=1S/C17H17ClN2O5/c1-24-17(23)12-10-11(6-7-13(12)18)20-15(21)5-2-8-19-16(22)14-4-3-9-25-14/h3-4,6-7,9-10H,2,5,8H2,1H3,(H,19,22)(H,20,21). The van der Waals surface area contributed by atoms with Gasteiger partial charge in [-0.2, -0.15) is 0 Å².